The van der Waals surface area contributed by atoms with Gasteiger partial charge in [0, 0.05) is 6.04 Å². The smallest absolute Gasteiger partial charge is 0.0554 e. The highest BCUT2D eigenvalue weighted by molar-refractivity contribution is 4.62. The molecule has 62 valence electrons. The molecule has 0 aromatic heterocycles. The molecule has 2 atom stereocenters. The lowest BCUT2D eigenvalue weighted by molar-refractivity contribution is 0.145. The third kappa shape index (κ3) is 6.05. The lowest BCUT2D eigenvalue weighted by atomic mass is 10.1. The van der Waals surface area contributed by atoms with E-state index in [4.69, 9.17) is 5.73 Å². The summed E-state index contributed by atoms with van der Waals surface area (Å²) in [6.45, 7) is 4.05. The van der Waals surface area contributed by atoms with Gasteiger partial charge >= 0.3 is 0 Å². The minimum atomic E-state index is -0.181. The maximum absolute atomic E-state index is 9.27. The van der Waals surface area contributed by atoms with Crippen molar-refractivity contribution in [1.29, 1.82) is 0 Å². The van der Waals surface area contributed by atoms with Crippen LogP contribution in [-0.4, -0.2) is 17.3 Å². The van der Waals surface area contributed by atoms with E-state index < -0.39 is 0 Å². The summed E-state index contributed by atoms with van der Waals surface area (Å²) in [6.07, 6.45) is 3.71. The van der Waals surface area contributed by atoms with Crippen molar-refractivity contribution < 1.29 is 5.11 Å². The van der Waals surface area contributed by atoms with E-state index in [0.29, 0.717) is 0 Å². The maximum Gasteiger partial charge on any atom is 0.0554 e. The zero-order valence-corrected chi connectivity index (χ0v) is 7.01. The number of aliphatic hydroxyl groups is 1. The van der Waals surface area contributed by atoms with Crippen molar-refractivity contribution in [1.82, 2.24) is 0 Å². The molecule has 0 bridgehead atoms. The average Bonchev–Trinajstić information content (AvgIpc) is 1.82. The molecule has 0 aromatic carbocycles. The number of rotatable bonds is 5. The molecular weight excluding hydrogens is 126 g/mol. The van der Waals surface area contributed by atoms with Crippen LogP contribution in [0.4, 0.5) is 0 Å². The Hall–Kier alpha value is -0.0800. The standard InChI is InChI=1S/C8H19NO/c1-3-4-5-8(10)6-7(2)9/h7-8,10H,3-6,9H2,1-2H3. The van der Waals surface area contributed by atoms with Crippen molar-refractivity contribution in [3.63, 3.8) is 0 Å². The fraction of sp³-hybridized carbons (Fsp3) is 1.00. The Kier molecular flexibility index (Phi) is 5.64. The topological polar surface area (TPSA) is 46.2 Å². The van der Waals surface area contributed by atoms with Crippen LogP contribution < -0.4 is 5.73 Å². The minimum Gasteiger partial charge on any atom is -0.393 e. The SMILES string of the molecule is CCCCC(O)CC(C)N. The Bertz CT molecular complexity index is 73.7. The van der Waals surface area contributed by atoms with E-state index in [1.165, 1.54) is 0 Å². The summed E-state index contributed by atoms with van der Waals surface area (Å²) in [4.78, 5) is 0. The van der Waals surface area contributed by atoms with Crippen LogP contribution >= 0.6 is 0 Å². The Morgan fingerprint density at radius 2 is 2.10 bits per heavy atom. The van der Waals surface area contributed by atoms with E-state index >= 15 is 0 Å². The van der Waals surface area contributed by atoms with E-state index in [1.54, 1.807) is 0 Å². The fourth-order valence-corrected chi connectivity index (χ4v) is 0.987. The Labute approximate surface area is 63.4 Å². The molecule has 0 heterocycles. The van der Waals surface area contributed by atoms with Crippen molar-refractivity contribution >= 4 is 0 Å². The predicted molar refractivity (Wildman–Crippen MR) is 43.8 cm³/mol. The monoisotopic (exact) mass is 145 g/mol. The molecule has 0 rings (SSSR count). The Morgan fingerprint density at radius 3 is 2.50 bits per heavy atom. The second-order valence-electron chi connectivity index (χ2n) is 3.01. The third-order valence-electron chi connectivity index (χ3n) is 1.53. The summed E-state index contributed by atoms with van der Waals surface area (Å²) in [5, 5.41) is 9.27. The third-order valence-corrected chi connectivity index (χ3v) is 1.53. The summed E-state index contributed by atoms with van der Waals surface area (Å²) in [5.74, 6) is 0. The van der Waals surface area contributed by atoms with E-state index in [0.717, 1.165) is 25.7 Å². The first-order valence-corrected chi connectivity index (χ1v) is 4.10. The molecule has 2 nitrogen and oxygen atoms in total. The van der Waals surface area contributed by atoms with Crippen molar-refractivity contribution in [2.75, 3.05) is 0 Å². The lowest BCUT2D eigenvalue weighted by Crippen LogP contribution is -2.22. The summed E-state index contributed by atoms with van der Waals surface area (Å²) in [7, 11) is 0. The van der Waals surface area contributed by atoms with Crippen LogP contribution in [0.2, 0.25) is 0 Å². The van der Waals surface area contributed by atoms with Crippen LogP contribution in [0, 0.1) is 0 Å². The number of aliphatic hydroxyl groups excluding tert-OH is 1. The van der Waals surface area contributed by atoms with Gasteiger partial charge in [0.15, 0.2) is 0 Å². The normalized spacial score (nSPS) is 16.8. The molecule has 0 fully saturated rings. The molecule has 0 aliphatic heterocycles. The highest BCUT2D eigenvalue weighted by Gasteiger charge is 2.05. The summed E-state index contributed by atoms with van der Waals surface area (Å²) < 4.78 is 0. The van der Waals surface area contributed by atoms with Gasteiger partial charge < -0.3 is 10.8 Å². The first kappa shape index (κ1) is 9.92. The fourth-order valence-electron chi connectivity index (χ4n) is 0.987. The van der Waals surface area contributed by atoms with Crippen LogP contribution in [0.5, 0.6) is 0 Å². The second kappa shape index (κ2) is 5.69. The maximum atomic E-state index is 9.27. The Morgan fingerprint density at radius 1 is 1.50 bits per heavy atom. The van der Waals surface area contributed by atoms with Gasteiger partial charge in [-0.2, -0.15) is 0 Å². The van der Waals surface area contributed by atoms with Gasteiger partial charge in [-0.05, 0) is 19.8 Å². The zero-order valence-electron chi connectivity index (χ0n) is 7.01. The predicted octanol–water partition coefficient (Wildman–Crippen LogP) is 1.27. The highest BCUT2D eigenvalue weighted by Crippen LogP contribution is 2.04. The molecule has 0 amide bonds. The number of unbranched alkanes of at least 4 members (excludes halogenated alkanes) is 1. The van der Waals surface area contributed by atoms with Crippen LogP contribution in [-0.2, 0) is 0 Å². The van der Waals surface area contributed by atoms with Crippen molar-refractivity contribution in [3.05, 3.63) is 0 Å². The number of hydrogen-bond acceptors (Lipinski definition) is 2. The summed E-state index contributed by atoms with van der Waals surface area (Å²) in [5.41, 5.74) is 5.51. The van der Waals surface area contributed by atoms with E-state index in [2.05, 4.69) is 6.92 Å². The molecule has 0 saturated carbocycles. The molecule has 2 heteroatoms. The largest absolute Gasteiger partial charge is 0.393 e. The molecule has 0 radical (unpaired) electrons. The molecule has 0 spiro atoms. The first-order valence-electron chi connectivity index (χ1n) is 4.10. The first-order chi connectivity index (χ1) is 4.66. The van der Waals surface area contributed by atoms with Gasteiger partial charge in [-0.1, -0.05) is 19.8 Å². The minimum absolute atomic E-state index is 0.131. The van der Waals surface area contributed by atoms with Crippen LogP contribution in [0.3, 0.4) is 0 Å². The van der Waals surface area contributed by atoms with Gasteiger partial charge in [-0.15, -0.1) is 0 Å². The number of nitrogens with two attached hydrogens (primary N) is 1. The van der Waals surface area contributed by atoms with Gasteiger partial charge in [0.25, 0.3) is 0 Å². The molecule has 0 saturated heterocycles. The van der Waals surface area contributed by atoms with E-state index in [-0.39, 0.29) is 12.1 Å². The van der Waals surface area contributed by atoms with Gasteiger partial charge in [-0.25, -0.2) is 0 Å². The van der Waals surface area contributed by atoms with Crippen molar-refractivity contribution in [2.24, 2.45) is 5.73 Å². The molecule has 0 aliphatic carbocycles. The summed E-state index contributed by atoms with van der Waals surface area (Å²) >= 11 is 0. The van der Waals surface area contributed by atoms with Crippen LogP contribution in [0.25, 0.3) is 0 Å². The van der Waals surface area contributed by atoms with Gasteiger partial charge in [0.2, 0.25) is 0 Å². The molecular formula is C8H19NO. The molecule has 3 N–H and O–H groups in total. The zero-order chi connectivity index (χ0) is 7.98. The molecule has 0 aromatic rings. The highest BCUT2D eigenvalue weighted by atomic mass is 16.3. The van der Waals surface area contributed by atoms with Crippen LogP contribution in [0.1, 0.15) is 39.5 Å². The van der Waals surface area contributed by atoms with Gasteiger partial charge in [0.1, 0.15) is 0 Å². The van der Waals surface area contributed by atoms with Gasteiger partial charge in [0.05, 0.1) is 6.10 Å². The second-order valence-corrected chi connectivity index (χ2v) is 3.01. The van der Waals surface area contributed by atoms with E-state index in [9.17, 15) is 5.11 Å². The quantitative estimate of drug-likeness (QED) is 0.612. The number of hydrogen-bond donors (Lipinski definition) is 2. The van der Waals surface area contributed by atoms with Gasteiger partial charge in [-0.3, -0.25) is 0 Å². The van der Waals surface area contributed by atoms with E-state index in [1.807, 2.05) is 6.92 Å². The summed E-state index contributed by atoms with van der Waals surface area (Å²) in [6, 6.07) is 0.131. The molecule has 10 heavy (non-hydrogen) atoms. The van der Waals surface area contributed by atoms with Crippen molar-refractivity contribution in [3.8, 4) is 0 Å². The lowest BCUT2D eigenvalue weighted by Gasteiger charge is -2.11. The Balaban J connectivity index is 3.16. The average molecular weight is 145 g/mol. The van der Waals surface area contributed by atoms with Crippen molar-refractivity contribution in [2.45, 2.75) is 51.7 Å². The van der Waals surface area contributed by atoms with Crippen LogP contribution in [0.15, 0.2) is 0 Å². The molecule has 0 aliphatic rings. The molecule has 2 unspecified atom stereocenters.